The van der Waals surface area contributed by atoms with Crippen LogP contribution in [0.4, 0.5) is 5.69 Å². The van der Waals surface area contributed by atoms with Crippen molar-refractivity contribution in [3.8, 4) is 0 Å². The standard InChI is InChI=1S/C11H14INO2S/c12-9-3-1-4-10(7-9)13-11(15)8-16-6-2-5-14/h1,3-4,7,14H,2,5-6,8H2,(H,13,15). The van der Waals surface area contributed by atoms with Gasteiger partial charge in [0.05, 0.1) is 5.75 Å². The molecule has 0 aliphatic rings. The van der Waals surface area contributed by atoms with Crippen LogP contribution in [0.1, 0.15) is 6.42 Å². The first-order chi connectivity index (χ1) is 7.72. The molecule has 0 fully saturated rings. The minimum Gasteiger partial charge on any atom is -0.396 e. The second kappa shape index (κ2) is 7.92. The first kappa shape index (κ1) is 13.8. The zero-order chi connectivity index (χ0) is 11.8. The smallest absolute Gasteiger partial charge is 0.234 e. The van der Waals surface area contributed by atoms with E-state index in [1.54, 1.807) is 0 Å². The van der Waals surface area contributed by atoms with Crippen LogP contribution in [-0.4, -0.2) is 29.1 Å². The number of thioether (sulfide) groups is 1. The predicted molar refractivity (Wildman–Crippen MR) is 76.8 cm³/mol. The Labute approximate surface area is 113 Å². The molecule has 0 saturated carbocycles. The molecule has 1 aromatic carbocycles. The lowest BCUT2D eigenvalue weighted by Crippen LogP contribution is -2.14. The maximum atomic E-state index is 11.5. The summed E-state index contributed by atoms with van der Waals surface area (Å²) in [5.74, 6) is 1.26. The van der Waals surface area contributed by atoms with Gasteiger partial charge in [-0.1, -0.05) is 6.07 Å². The first-order valence-electron chi connectivity index (χ1n) is 4.96. The summed E-state index contributed by atoms with van der Waals surface area (Å²) >= 11 is 3.74. The average molecular weight is 351 g/mol. The molecule has 0 atom stereocenters. The highest BCUT2D eigenvalue weighted by atomic mass is 127. The Bertz CT molecular complexity index is 347. The lowest BCUT2D eigenvalue weighted by atomic mass is 10.3. The number of hydrogen-bond acceptors (Lipinski definition) is 3. The Kier molecular flexibility index (Phi) is 6.82. The number of hydrogen-bond donors (Lipinski definition) is 2. The second-order valence-corrected chi connectivity index (χ2v) is 5.54. The summed E-state index contributed by atoms with van der Waals surface area (Å²) in [5, 5.41) is 11.4. The molecule has 1 rings (SSSR count). The third-order valence-corrected chi connectivity index (χ3v) is 3.50. The number of nitrogens with one attached hydrogen (secondary N) is 1. The lowest BCUT2D eigenvalue weighted by molar-refractivity contribution is -0.113. The van der Waals surface area contributed by atoms with E-state index in [1.165, 1.54) is 11.8 Å². The highest BCUT2D eigenvalue weighted by Gasteiger charge is 2.02. The van der Waals surface area contributed by atoms with E-state index in [4.69, 9.17) is 5.11 Å². The first-order valence-corrected chi connectivity index (χ1v) is 7.20. The van der Waals surface area contributed by atoms with E-state index in [9.17, 15) is 4.79 Å². The molecule has 88 valence electrons. The van der Waals surface area contributed by atoms with Crippen molar-refractivity contribution in [1.29, 1.82) is 0 Å². The number of halogens is 1. The Morgan fingerprint density at radius 3 is 3.00 bits per heavy atom. The quantitative estimate of drug-likeness (QED) is 0.611. The van der Waals surface area contributed by atoms with E-state index in [0.29, 0.717) is 5.75 Å². The van der Waals surface area contributed by atoms with Gasteiger partial charge < -0.3 is 10.4 Å². The lowest BCUT2D eigenvalue weighted by Gasteiger charge is -2.05. The van der Waals surface area contributed by atoms with Gasteiger partial charge in [-0.15, -0.1) is 0 Å². The van der Waals surface area contributed by atoms with Crippen LogP contribution < -0.4 is 5.32 Å². The number of benzene rings is 1. The van der Waals surface area contributed by atoms with Crippen molar-refractivity contribution in [2.75, 3.05) is 23.4 Å². The molecule has 5 heteroatoms. The Hall–Kier alpha value is -0.270. The summed E-state index contributed by atoms with van der Waals surface area (Å²) in [7, 11) is 0. The third-order valence-electron chi connectivity index (χ3n) is 1.79. The van der Waals surface area contributed by atoms with Crippen LogP contribution >= 0.6 is 34.4 Å². The molecular weight excluding hydrogens is 337 g/mol. The number of rotatable bonds is 6. The van der Waals surface area contributed by atoms with Crippen LogP contribution in [0, 0.1) is 3.57 Å². The fourth-order valence-corrected chi connectivity index (χ4v) is 2.37. The molecule has 2 N–H and O–H groups in total. The summed E-state index contributed by atoms with van der Waals surface area (Å²) in [4.78, 5) is 11.5. The zero-order valence-electron chi connectivity index (χ0n) is 8.78. The Morgan fingerprint density at radius 1 is 1.50 bits per heavy atom. The number of aliphatic hydroxyl groups excluding tert-OH is 1. The van der Waals surface area contributed by atoms with Gasteiger partial charge in [-0.25, -0.2) is 0 Å². The largest absolute Gasteiger partial charge is 0.396 e. The average Bonchev–Trinajstić information content (AvgIpc) is 2.24. The van der Waals surface area contributed by atoms with E-state index in [0.717, 1.165) is 21.4 Å². The third kappa shape index (κ3) is 5.72. The summed E-state index contributed by atoms with van der Waals surface area (Å²) in [6.07, 6.45) is 0.737. The van der Waals surface area contributed by atoms with Gasteiger partial charge in [0.1, 0.15) is 0 Å². The zero-order valence-corrected chi connectivity index (χ0v) is 11.8. The van der Waals surface area contributed by atoms with E-state index in [2.05, 4.69) is 27.9 Å². The molecule has 0 bridgehead atoms. The maximum absolute atomic E-state index is 11.5. The fraction of sp³-hybridized carbons (Fsp3) is 0.364. The molecule has 0 aliphatic heterocycles. The Balaban J connectivity index is 2.29. The molecule has 0 unspecified atom stereocenters. The molecule has 1 aromatic rings. The van der Waals surface area contributed by atoms with Crippen molar-refractivity contribution >= 4 is 45.9 Å². The maximum Gasteiger partial charge on any atom is 0.234 e. The molecule has 0 aromatic heterocycles. The number of carbonyl (C=O) groups excluding carboxylic acids is 1. The summed E-state index contributed by atoms with van der Waals surface area (Å²) in [6.45, 7) is 0.186. The van der Waals surface area contributed by atoms with Crippen LogP contribution in [0.25, 0.3) is 0 Å². The molecule has 3 nitrogen and oxygen atoms in total. The normalized spacial score (nSPS) is 10.1. The SMILES string of the molecule is O=C(CSCCCO)Nc1cccc(I)c1. The van der Waals surface area contributed by atoms with Crippen molar-refractivity contribution < 1.29 is 9.90 Å². The van der Waals surface area contributed by atoms with Gasteiger partial charge >= 0.3 is 0 Å². The highest BCUT2D eigenvalue weighted by Crippen LogP contribution is 2.13. The van der Waals surface area contributed by atoms with Gasteiger partial charge in [0.25, 0.3) is 0 Å². The number of amides is 1. The Morgan fingerprint density at radius 2 is 2.31 bits per heavy atom. The second-order valence-electron chi connectivity index (χ2n) is 3.19. The molecule has 0 spiro atoms. The number of anilines is 1. The minimum atomic E-state index is 0.00457. The van der Waals surface area contributed by atoms with Crippen molar-refractivity contribution in [1.82, 2.24) is 0 Å². The van der Waals surface area contributed by atoms with E-state index >= 15 is 0 Å². The number of carbonyl (C=O) groups is 1. The van der Waals surface area contributed by atoms with Crippen LogP contribution in [0.5, 0.6) is 0 Å². The van der Waals surface area contributed by atoms with Crippen LogP contribution in [0.3, 0.4) is 0 Å². The van der Waals surface area contributed by atoms with E-state index < -0.39 is 0 Å². The van der Waals surface area contributed by atoms with Crippen LogP contribution in [-0.2, 0) is 4.79 Å². The van der Waals surface area contributed by atoms with Crippen molar-refractivity contribution in [3.05, 3.63) is 27.8 Å². The minimum absolute atomic E-state index is 0.00457. The van der Waals surface area contributed by atoms with Gasteiger partial charge in [-0.05, 0) is 53.0 Å². The molecule has 0 radical (unpaired) electrons. The van der Waals surface area contributed by atoms with E-state index in [1.807, 2.05) is 24.3 Å². The van der Waals surface area contributed by atoms with Crippen LogP contribution in [0.15, 0.2) is 24.3 Å². The summed E-state index contributed by atoms with van der Waals surface area (Å²) < 4.78 is 1.10. The van der Waals surface area contributed by atoms with Crippen molar-refractivity contribution in [2.45, 2.75) is 6.42 Å². The van der Waals surface area contributed by atoms with Gasteiger partial charge in [0.15, 0.2) is 0 Å². The van der Waals surface area contributed by atoms with Crippen molar-refractivity contribution in [2.24, 2.45) is 0 Å². The molecular formula is C11H14INO2S. The number of aliphatic hydroxyl groups is 1. The summed E-state index contributed by atoms with van der Waals surface area (Å²) in [6, 6.07) is 7.69. The van der Waals surface area contributed by atoms with E-state index in [-0.39, 0.29) is 12.5 Å². The monoisotopic (exact) mass is 351 g/mol. The van der Waals surface area contributed by atoms with Gasteiger partial charge in [0, 0.05) is 15.9 Å². The molecule has 0 aliphatic carbocycles. The van der Waals surface area contributed by atoms with Gasteiger partial charge in [0.2, 0.25) is 5.91 Å². The van der Waals surface area contributed by atoms with Crippen molar-refractivity contribution in [3.63, 3.8) is 0 Å². The molecule has 1 amide bonds. The summed E-state index contributed by atoms with van der Waals surface area (Å²) in [5.41, 5.74) is 0.833. The molecule has 0 heterocycles. The molecule has 16 heavy (non-hydrogen) atoms. The fourth-order valence-electron chi connectivity index (χ4n) is 1.09. The van der Waals surface area contributed by atoms with Gasteiger partial charge in [-0.2, -0.15) is 11.8 Å². The molecule has 0 saturated heterocycles. The van der Waals surface area contributed by atoms with Gasteiger partial charge in [-0.3, -0.25) is 4.79 Å². The highest BCUT2D eigenvalue weighted by molar-refractivity contribution is 14.1. The predicted octanol–water partition coefficient (Wildman–Crippen LogP) is 2.35. The topological polar surface area (TPSA) is 49.3 Å². The van der Waals surface area contributed by atoms with Crippen LogP contribution in [0.2, 0.25) is 0 Å².